The summed E-state index contributed by atoms with van der Waals surface area (Å²) in [5, 5.41) is 84.8. The Bertz CT molecular complexity index is 1370. The van der Waals surface area contributed by atoms with E-state index in [2.05, 4.69) is 27.7 Å². The van der Waals surface area contributed by atoms with E-state index in [1.54, 1.807) is 0 Å². The van der Waals surface area contributed by atoms with Crippen LogP contribution in [0.1, 0.15) is 79.1 Å². The minimum Gasteiger partial charge on any atom is -0.394 e. The average molecular weight is 771 g/mol. The number of hydrogen-bond acceptors (Lipinski definition) is 15. The van der Waals surface area contributed by atoms with Gasteiger partial charge in [-0.25, -0.2) is 0 Å². The number of rotatable bonds is 6. The van der Waals surface area contributed by atoms with Crippen LogP contribution in [-0.4, -0.2) is 152 Å². The minimum absolute atomic E-state index is 0.0349. The highest BCUT2D eigenvalue weighted by atomic mass is 16.7. The van der Waals surface area contributed by atoms with Gasteiger partial charge in [0.1, 0.15) is 54.9 Å². The number of carbonyl (C=O) groups is 1. The Morgan fingerprint density at radius 1 is 0.778 bits per heavy atom. The molecule has 1 spiro atoms. The molecule has 4 saturated carbocycles. The summed E-state index contributed by atoms with van der Waals surface area (Å²) in [5.74, 6) is -0.0000467. The third-order valence-corrected chi connectivity index (χ3v) is 16.0. The van der Waals surface area contributed by atoms with E-state index in [-0.39, 0.29) is 58.9 Å². The number of aliphatic hydroxyl groups excluding tert-OH is 8. The van der Waals surface area contributed by atoms with Crippen LogP contribution < -0.4 is 0 Å². The van der Waals surface area contributed by atoms with E-state index in [4.69, 9.17) is 28.4 Å². The predicted molar refractivity (Wildman–Crippen MR) is 185 cm³/mol. The molecule has 0 aromatic heterocycles. The fourth-order valence-electron chi connectivity index (χ4n) is 13.0. The van der Waals surface area contributed by atoms with Crippen LogP contribution in [0.5, 0.6) is 0 Å². The molecule has 0 aromatic carbocycles. The van der Waals surface area contributed by atoms with Gasteiger partial charge in [-0.15, -0.1) is 0 Å². The second kappa shape index (κ2) is 14.4. The molecule has 0 aromatic rings. The third kappa shape index (κ3) is 5.93. The molecule has 8 N–H and O–H groups in total. The summed E-state index contributed by atoms with van der Waals surface area (Å²) < 4.78 is 36.6. The normalized spacial score (nSPS) is 58.7. The average Bonchev–Trinajstić information content (AvgIpc) is 3.60. The summed E-state index contributed by atoms with van der Waals surface area (Å²) in [5.41, 5.74) is -0.954. The Balaban J connectivity index is 0.926. The molecule has 4 aliphatic heterocycles. The van der Waals surface area contributed by atoms with Crippen LogP contribution in [0.4, 0.5) is 0 Å². The number of Topliss-reactive ketones (excluding diaryl/α,β-unsaturated/α-hetero) is 1. The van der Waals surface area contributed by atoms with Gasteiger partial charge in [0.2, 0.25) is 0 Å². The van der Waals surface area contributed by atoms with Crippen molar-refractivity contribution in [2.24, 2.45) is 52.3 Å². The van der Waals surface area contributed by atoms with Crippen LogP contribution in [0, 0.1) is 52.3 Å². The SMILES string of the molecule is C[C@@H]1CC[C@@]2(OC1)O[C@H]1C[C@H]3[C@@H]4CC[C@H]5C[C@@H](O[C@H]6O[C@@H](CO)[C@H](O[C@@H]7O[C@H](CO)[C@@H](O)[C@@H](O)[C@@H]7O)[C@@H](O)[C@@H]6O)CC[C@]5(C)[C@@H]4C(=O)[C@@H](O)[C@]3(C)[C@H]1[C@@H]2C. The molecule has 8 aliphatic rings. The molecule has 308 valence electrons. The summed E-state index contributed by atoms with van der Waals surface area (Å²) in [4.78, 5) is 14.6. The van der Waals surface area contributed by atoms with Gasteiger partial charge in [0, 0.05) is 29.6 Å². The van der Waals surface area contributed by atoms with Crippen molar-refractivity contribution >= 4 is 5.78 Å². The van der Waals surface area contributed by atoms with Crippen molar-refractivity contribution < 1.29 is 74.1 Å². The van der Waals surface area contributed by atoms with E-state index >= 15 is 0 Å². The van der Waals surface area contributed by atoms with E-state index in [1.165, 1.54) is 0 Å². The first kappa shape index (κ1) is 39.9. The van der Waals surface area contributed by atoms with Gasteiger partial charge in [-0.2, -0.15) is 0 Å². The molecule has 15 heteroatoms. The zero-order valence-corrected chi connectivity index (χ0v) is 31.8. The first-order valence-electron chi connectivity index (χ1n) is 20.4. The van der Waals surface area contributed by atoms with Gasteiger partial charge in [-0.3, -0.25) is 4.79 Å². The molecule has 4 aliphatic carbocycles. The minimum atomic E-state index is -1.75. The molecule has 4 heterocycles. The fourth-order valence-corrected chi connectivity index (χ4v) is 13.0. The summed E-state index contributed by atoms with van der Waals surface area (Å²) in [6, 6.07) is 0. The highest BCUT2D eigenvalue weighted by molar-refractivity contribution is 5.88. The van der Waals surface area contributed by atoms with Crippen LogP contribution in [0.3, 0.4) is 0 Å². The predicted octanol–water partition coefficient (Wildman–Crippen LogP) is -0.408. The monoisotopic (exact) mass is 770 g/mol. The highest BCUT2D eigenvalue weighted by Gasteiger charge is 2.73. The standard InChI is InChI=1S/C39H62O15/c1-16-7-10-39(49-15-16)17(2)25-22(54-39)12-21-20-6-5-18-11-19(8-9-37(18,3)26(20)28(43)34(48)38(21,25)4)50-35-32(47)30(45)33(24(14-41)52-35)53-36-31(46)29(44)27(42)23(13-40)51-36/h16-27,29-36,40-42,44-48H,5-15H2,1-4H3/t16-,17+,18+,19+,20+,21+,22+,23-,24+,25+,26+,27-,29-,30+,31+,32+,33+,34-,35+,36+,37+,38+,39-/m1/s1. The molecule has 8 fully saturated rings. The smallest absolute Gasteiger partial charge is 0.187 e. The maximum absolute atomic E-state index is 14.6. The molecule has 0 radical (unpaired) electrons. The van der Waals surface area contributed by atoms with Crippen LogP contribution in [0.15, 0.2) is 0 Å². The highest BCUT2D eigenvalue weighted by Crippen LogP contribution is 2.70. The Kier molecular flexibility index (Phi) is 10.7. The molecule has 4 saturated heterocycles. The van der Waals surface area contributed by atoms with Crippen LogP contribution >= 0.6 is 0 Å². The summed E-state index contributed by atoms with van der Waals surface area (Å²) >= 11 is 0. The number of fused-ring (bicyclic) bond motifs is 7. The fraction of sp³-hybridized carbons (Fsp3) is 0.974. The number of aliphatic hydroxyl groups is 8. The van der Waals surface area contributed by atoms with Gasteiger partial charge < -0.3 is 69.3 Å². The number of ether oxygens (including phenoxy) is 6. The molecule has 23 atom stereocenters. The Labute approximate surface area is 316 Å². The number of hydrogen-bond donors (Lipinski definition) is 8. The largest absolute Gasteiger partial charge is 0.394 e. The van der Waals surface area contributed by atoms with Gasteiger partial charge in [-0.05, 0) is 74.0 Å². The summed E-state index contributed by atoms with van der Waals surface area (Å²) in [6.07, 6.45) is -10.5. The van der Waals surface area contributed by atoms with Gasteiger partial charge in [0.05, 0.1) is 32.0 Å². The van der Waals surface area contributed by atoms with E-state index in [1.807, 2.05) is 0 Å². The van der Waals surface area contributed by atoms with Crippen molar-refractivity contribution in [3.05, 3.63) is 0 Å². The molecular formula is C39H62O15. The van der Waals surface area contributed by atoms with Gasteiger partial charge in [-0.1, -0.05) is 27.7 Å². The Morgan fingerprint density at radius 3 is 2.15 bits per heavy atom. The van der Waals surface area contributed by atoms with E-state index < -0.39 is 91.9 Å². The van der Waals surface area contributed by atoms with E-state index in [0.717, 1.165) is 32.1 Å². The van der Waals surface area contributed by atoms with Crippen molar-refractivity contribution in [1.29, 1.82) is 0 Å². The first-order chi connectivity index (χ1) is 25.6. The lowest BCUT2D eigenvalue weighted by Gasteiger charge is -2.61. The van der Waals surface area contributed by atoms with Gasteiger partial charge in [0.15, 0.2) is 24.2 Å². The van der Waals surface area contributed by atoms with Gasteiger partial charge in [0.25, 0.3) is 0 Å². The Morgan fingerprint density at radius 2 is 1.46 bits per heavy atom. The lowest BCUT2D eigenvalue weighted by molar-refractivity contribution is -0.364. The molecule has 54 heavy (non-hydrogen) atoms. The maximum atomic E-state index is 14.6. The van der Waals surface area contributed by atoms with E-state index in [9.17, 15) is 45.6 Å². The zero-order valence-electron chi connectivity index (χ0n) is 31.8. The van der Waals surface area contributed by atoms with Crippen LogP contribution in [-0.2, 0) is 33.2 Å². The second-order valence-corrected chi connectivity index (χ2v) is 18.7. The lowest BCUT2D eigenvalue weighted by atomic mass is 9.43. The molecule has 0 amide bonds. The van der Waals surface area contributed by atoms with Crippen molar-refractivity contribution in [2.45, 2.75) is 165 Å². The number of ketones is 1. The van der Waals surface area contributed by atoms with Gasteiger partial charge >= 0.3 is 0 Å². The van der Waals surface area contributed by atoms with Crippen molar-refractivity contribution in [3.8, 4) is 0 Å². The lowest BCUT2D eigenvalue weighted by Crippen LogP contribution is -2.65. The van der Waals surface area contributed by atoms with Crippen molar-refractivity contribution in [1.82, 2.24) is 0 Å². The molecule has 0 bridgehead atoms. The second-order valence-electron chi connectivity index (χ2n) is 18.7. The number of carbonyl (C=O) groups excluding carboxylic acids is 1. The molecule has 8 rings (SSSR count). The zero-order chi connectivity index (χ0) is 38.6. The van der Waals surface area contributed by atoms with Crippen molar-refractivity contribution in [3.63, 3.8) is 0 Å². The summed E-state index contributed by atoms with van der Waals surface area (Å²) in [7, 11) is 0. The molecule has 15 nitrogen and oxygen atoms in total. The van der Waals surface area contributed by atoms with Crippen LogP contribution in [0.25, 0.3) is 0 Å². The quantitative estimate of drug-likeness (QED) is 0.161. The summed E-state index contributed by atoms with van der Waals surface area (Å²) in [6.45, 7) is 8.04. The molecular weight excluding hydrogens is 708 g/mol. The van der Waals surface area contributed by atoms with E-state index in [0.29, 0.717) is 31.8 Å². The van der Waals surface area contributed by atoms with Crippen LogP contribution in [0.2, 0.25) is 0 Å². The molecule has 0 unspecified atom stereocenters. The third-order valence-electron chi connectivity index (χ3n) is 16.0. The first-order valence-corrected chi connectivity index (χ1v) is 20.4. The maximum Gasteiger partial charge on any atom is 0.187 e. The topological polar surface area (TPSA) is 234 Å². The van der Waals surface area contributed by atoms with Crippen molar-refractivity contribution in [2.75, 3.05) is 19.8 Å². The Hall–Kier alpha value is -0.890.